The van der Waals surface area contributed by atoms with Crippen molar-refractivity contribution in [2.75, 3.05) is 13.1 Å². The molecule has 0 spiro atoms. The number of aryl methyl sites for hydroxylation is 1. The Bertz CT molecular complexity index is 696. The first kappa shape index (κ1) is 14.4. The number of nitrogens with zero attached hydrogens (tertiary/aromatic N) is 6. The predicted molar refractivity (Wildman–Crippen MR) is 82.7 cm³/mol. The van der Waals surface area contributed by atoms with E-state index in [-0.39, 0.29) is 11.9 Å². The van der Waals surface area contributed by atoms with Crippen molar-refractivity contribution >= 4 is 5.91 Å². The van der Waals surface area contributed by atoms with Crippen LogP contribution in [0.1, 0.15) is 41.9 Å². The van der Waals surface area contributed by atoms with Gasteiger partial charge in [-0.15, -0.1) is 5.10 Å². The summed E-state index contributed by atoms with van der Waals surface area (Å²) in [6.07, 6.45) is 8.00. The number of hydrogen-bond donors (Lipinski definition) is 1. The molecule has 3 heterocycles. The summed E-state index contributed by atoms with van der Waals surface area (Å²) in [5, 5.41) is 15.3. The monoisotopic (exact) mass is 315 g/mol. The van der Waals surface area contributed by atoms with Crippen LogP contribution in [0.15, 0.2) is 18.6 Å². The van der Waals surface area contributed by atoms with Gasteiger partial charge in [0.05, 0.1) is 24.5 Å². The van der Waals surface area contributed by atoms with Crippen molar-refractivity contribution < 1.29 is 4.79 Å². The van der Waals surface area contributed by atoms with Crippen LogP contribution in [-0.4, -0.2) is 54.7 Å². The molecule has 0 unspecified atom stereocenters. The Kier molecular flexibility index (Phi) is 3.60. The Hall–Kier alpha value is -2.22. The van der Waals surface area contributed by atoms with Gasteiger partial charge in [0.15, 0.2) is 5.69 Å². The molecule has 1 amide bonds. The Balaban J connectivity index is 1.24. The van der Waals surface area contributed by atoms with Gasteiger partial charge in [-0.05, 0) is 19.8 Å². The molecular weight excluding hydrogens is 294 g/mol. The first-order valence-electron chi connectivity index (χ1n) is 8.17. The van der Waals surface area contributed by atoms with Crippen molar-refractivity contribution in [2.24, 2.45) is 0 Å². The van der Waals surface area contributed by atoms with Crippen molar-refractivity contribution in [3.05, 3.63) is 29.8 Å². The van der Waals surface area contributed by atoms with Crippen molar-refractivity contribution in [2.45, 2.75) is 44.9 Å². The summed E-state index contributed by atoms with van der Waals surface area (Å²) in [5.41, 5.74) is 1.63. The van der Waals surface area contributed by atoms with Crippen LogP contribution >= 0.6 is 0 Å². The van der Waals surface area contributed by atoms with Gasteiger partial charge in [0.1, 0.15) is 0 Å². The molecule has 23 heavy (non-hydrogen) atoms. The van der Waals surface area contributed by atoms with Crippen LogP contribution in [-0.2, 0) is 13.1 Å². The molecular formula is C15H21N7O. The van der Waals surface area contributed by atoms with Crippen molar-refractivity contribution in [3.63, 3.8) is 0 Å². The quantitative estimate of drug-likeness (QED) is 0.837. The van der Waals surface area contributed by atoms with Gasteiger partial charge in [0, 0.05) is 37.9 Å². The zero-order valence-corrected chi connectivity index (χ0v) is 13.2. The van der Waals surface area contributed by atoms with Crippen molar-refractivity contribution in [1.29, 1.82) is 0 Å². The third-order valence-electron chi connectivity index (χ3n) is 4.37. The fourth-order valence-electron chi connectivity index (χ4n) is 2.87. The lowest BCUT2D eigenvalue weighted by Crippen LogP contribution is -2.58. The van der Waals surface area contributed by atoms with E-state index in [2.05, 4.69) is 38.7 Å². The fourth-order valence-corrected chi connectivity index (χ4v) is 2.87. The highest BCUT2D eigenvalue weighted by Gasteiger charge is 2.30. The fraction of sp³-hybridized carbons (Fsp3) is 0.600. The topological polar surface area (TPSA) is 80.9 Å². The third kappa shape index (κ3) is 3.12. The lowest BCUT2D eigenvalue weighted by atomic mass is 10.1. The van der Waals surface area contributed by atoms with E-state index < -0.39 is 0 Å². The first-order chi connectivity index (χ1) is 11.2. The number of amides is 1. The summed E-state index contributed by atoms with van der Waals surface area (Å²) < 4.78 is 3.73. The van der Waals surface area contributed by atoms with Crippen LogP contribution in [0.3, 0.4) is 0 Å². The minimum absolute atomic E-state index is 0.125. The van der Waals surface area contributed by atoms with E-state index in [4.69, 9.17) is 0 Å². The molecule has 122 valence electrons. The standard InChI is InChI=1S/C15H21N7O/c1-2-21-7-11(5-16-21)6-20-8-12(9-20)17-15(23)14-10-22(19-18-14)13-3-4-13/h5,7,10,12-13H,2-4,6,8-9H2,1H3,(H,17,23). The second-order valence-electron chi connectivity index (χ2n) is 6.38. The lowest BCUT2D eigenvalue weighted by Gasteiger charge is -2.39. The normalized spacial score (nSPS) is 18.8. The zero-order valence-electron chi connectivity index (χ0n) is 13.2. The second-order valence-corrected chi connectivity index (χ2v) is 6.38. The van der Waals surface area contributed by atoms with Crippen LogP contribution in [0.25, 0.3) is 0 Å². The number of nitrogens with one attached hydrogen (secondary N) is 1. The third-order valence-corrected chi connectivity index (χ3v) is 4.37. The van der Waals surface area contributed by atoms with Gasteiger partial charge < -0.3 is 5.32 Å². The average Bonchev–Trinajstić information content (AvgIpc) is 3.08. The highest BCUT2D eigenvalue weighted by atomic mass is 16.2. The van der Waals surface area contributed by atoms with Gasteiger partial charge in [-0.1, -0.05) is 5.21 Å². The molecule has 2 aromatic rings. The molecule has 1 saturated heterocycles. The Morgan fingerprint density at radius 2 is 2.17 bits per heavy atom. The molecule has 2 aromatic heterocycles. The van der Waals surface area contributed by atoms with Crippen LogP contribution in [0, 0.1) is 0 Å². The summed E-state index contributed by atoms with van der Waals surface area (Å²) in [7, 11) is 0. The summed E-state index contributed by atoms with van der Waals surface area (Å²) in [5.74, 6) is -0.125. The maximum absolute atomic E-state index is 12.2. The highest BCUT2D eigenvalue weighted by molar-refractivity contribution is 5.92. The van der Waals surface area contributed by atoms with Gasteiger partial charge >= 0.3 is 0 Å². The Labute approximate surface area is 134 Å². The molecule has 0 bridgehead atoms. The minimum Gasteiger partial charge on any atom is -0.345 e. The zero-order chi connectivity index (χ0) is 15.8. The number of carbonyl (C=O) groups excluding carboxylic acids is 1. The number of likely N-dealkylation sites (tertiary alicyclic amines) is 1. The van der Waals surface area contributed by atoms with E-state index in [9.17, 15) is 4.79 Å². The molecule has 2 fully saturated rings. The number of carbonyl (C=O) groups is 1. The predicted octanol–water partition coefficient (Wildman–Crippen LogP) is 0.444. The number of hydrogen-bond acceptors (Lipinski definition) is 5. The van der Waals surface area contributed by atoms with E-state index in [1.165, 1.54) is 5.56 Å². The molecule has 4 rings (SSSR count). The molecule has 8 heteroatoms. The maximum atomic E-state index is 12.2. The van der Waals surface area contributed by atoms with Gasteiger partial charge in [-0.3, -0.25) is 14.4 Å². The largest absolute Gasteiger partial charge is 0.345 e. The summed E-state index contributed by atoms with van der Waals surface area (Å²) in [6, 6.07) is 0.641. The molecule has 2 aliphatic rings. The number of aromatic nitrogens is 5. The van der Waals surface area contributed by atoms with Gasteiger partial charge in [-0.25, -0.2) is 4.68 Å². The summed E-state index contributed by atoms with van der Waals surface area (Å²) in [6.45, 7) is 5.56. The van der Waals surface area contributed by atoms with Crippen LogP contribution in [0.4, 0.5) is 0 Å². The maximum Gasteiger partial charge on any atom is 0.273 e. The lowest BCUT2D eigenvalue weighted by molar-refractivity contribution is 0.0790. The van der Waals surface area contributed by atoms with Crippen LogP contribution in [0.2, 0.25) is 0 Å². The van der Waals surface area contributed by atoms with Crippen LogP contribution in [0.5, 0.6) is 0 Å². The summed E-state index contributed by atoms with van der Waals surface area (Å²) in [4.78, 5) is 14.4. The molecule has 1 aliphatic heterocycles. The average molecular weight is 315 g/mol. The van der Waals surface area contributed by atoms with Gasteiger partial charge in [-0.2, -0.15) is 5.10 Å². The van der Waals surface area contributed by atoms with E-state index in [0.717, 1.165) is 39.0 Å². The minimum atomic E-state index is -0.125. The smallest absolute Gasteiger partial charge is 0.273 e. The van der Waals surface area contributed by atoms with Crippen molar-refractivity contribution in [3.8, 4) is 0 Å². The number of rotatable bonds is 6. The molecule has 1 saturated carbocycles. The van der Waals surface area contributed by atoms with Crippen LogP contribution < -0.4 is 5.32 Å². The molecule has 8 nitrogen and oxygen atoms in total. The summed E-state index contributed by atoms with van der Waals surface area (Å²) >= 11 is 0. The molecule has 0 aromatic carbocycles. The Morgan fingerprint density at radius 3 is 2.87 bits per heavy atom. The van der Waals surface area contributed by atoms with Gasteiger partial charge in [0.2, 0.25) is 0 Å². The van der Waals surface area contributed by atoms with E-state index in [1.54, 1.807) is 10.9 Å². The van der Waals surface area contributed by atoms with E-state index in [1.807, 2.05) is 10.9 Å². The SMILES string of the molecule is CCn1cc(CN2CC(NC(=O)c3cn(C4CC4)nn3)C2)cn1. The molecule has 1 N–H and O–H groups in total. The Morgan fingerprint density at radius 1 is 1.35 bits per heavy atom. The molecule has 1 aliphatic carbocycles. The molecule has 0 radical (unpaired) electrons. The first-order valence-corrected chi connectivity index (χ1v) is 8.17. The van der Waals surface area contributed by atoms with Gasteiger partial charge in [0.25, 0.3) is 5.91 Å². The second kappa shape index (κ2) is 5.77. The van der Waals surface area contributed by atoms with E-state index >= 15 is 0 Å². The van der Waals surface area contributed by atoms with E-state index in [0.29, 0.717) is 11.7 Å². The van der Waals surface area contributed by atoms with Crippen molar-refractivity contribution in [1.82, 2.24) is 35.0 Å². The highest BCUT2D eigenvalue weighted by Crippen LogP contribution is 2.33. The molecule has 0 atom stereocenters.